The van der Waals surface area contributed by atoms with Crippen LogP contribution in [0.15, 0.2) is 30.3 Å². The van der Waals surface area contributed by atoms with Gasteiger partial charge in [-0.3, -0.25) is 4.90 Å². The summed E-state index contributed by atoms with van der Waals surface area (Å²) in [7, 11) is 1.61. The van der Waals surface area contributed by atoms with Crippen molar-refractivity contribution < 1.29 is 4.74 Å². The van der Waals surface area contributed by atoms with Crippen LogP contribution in [0.25, 0.3) is 16.6 Å². The number of methoxy groups -OCH3 is 1. The van der Waals surface area contributed by atoms with Crippen molar-refractivity contribution in [3.05, 3.63) is 52.6 Å². The molecule has 5 rings (SSSR count). The molecule has 8 nitrogen and oxygen atoms in total. The van der Waals surface area contributed by atoms with Crippen LogP contribution in [0.3, 0.4) is 0 Å². The Labute approximate surface area is 159 Å². The molecule has 1 aliphatic rings. The summed E-state index contributed by atoms with van der Waals surface area (Å²) in [6.07, 6.45) is 0. The highest BCUT2D eigenvalue weighted by molar-refractivity contribution is 6.29. The van der Waals surface area contributed by atoms with Crippen molar-refractivity contribution in [3.8, 4) is 5.75 Å². The zero-order valence-electron chi connectivity index (χ0n) is 14.6. The molecule has 0 saturated heterocycles. The van der Waals surface area contributed by atoms with Crippen LogP contribution >= 0.6 is 11.6 Å². The Morgan fingerprint density at radius 2 is 2.04 bits per heavy atom. The standard InChI is InChI=1S/C18H16ClN7O/c1-27-13-4-2-3-11-16(13)23-18(20)26-17(11)22-15(24-26)9-25-7-10-5-6-14(19)21-12(10)8-25/h2-6H,7-9H2,1H3,(H2,20,23). The molecule has 136 valence electrons. The number of anilines is 1. The second kappa shape index (κ2) is 6.04. The van der Waals surface area contributed by atoms with Gasteiger partial charge in [0.25, 0.3) is 0 Å². The van der Waals surface area contributed by atoms with Crippen LogP contribution < -0.4 is 10.5 Å². The largest absolute Gasteiger partial charge is 0.494 e. The predicted molar refractivity (Wildman–Crippen MR) is 101 cm³/mol. The second-order valence-corrected chi connectivity index (χ2v) is 6.86. The summed E-state index contributed by atoms with van der Waals surface area (Å²) < 4.78 is 6.97. The molecule has 0 unspecified atom stereocenters. The monoisotopic (exact) mass is 381 g/mol. The molecule has 3 aromatic heterocycles. The van der Waals surface area contributed by atoms with Gasteiger partial charge < -0.3 is 10.5 Å². The van der Waals surface area contributed by atoms with Crippen molar-refractivity contribution >= 4 is 34.1 Å². The SMILES string of the molecule is COc1cccc2c1nc(N)n1nc(CN3Cc4ccc(Cl)nc4C3)nc21. The third kappa shape index (κ3) is 2.65. The number of rotatable bonds is 3. The second-order valence-electron chi connectivity index (χ2n) is 6.47. The van der Waals surface area contributed by atoms with Gasteiger partial charge in [0.05, 0.1) is 19.3 Å². The zero-order chi connectivity index (χ0) is 18.5. The summed E-state index contributed by atoms with van der Waals surface area (Å²) in [6, 6.07) is 9.53. The average Bonchev–Trinajstić information content (AvgIpc) is 3.25. The summed E-state index contributed by atoms with van der Waals surface area (Å²) in [6.45, 7) is 2.09. The Bertz CT molecular complexity index is 1190. The molecule has 0 radical (unpaired) electrons. The number of nitrogen functional groups attached to an aromatic ring is 1. The molecule has 0 fully saturated rings. The van der Waals surface area contributed by atoms with Gasteiger partial charge in [0.1, 0.15) is 16.4 Å². The number of aromatic nitrogens is 5. The van der Waals surface area contributed by atoms with Gasteiger partial charge in [-0.15, -0.1) is 5.10 Å². The van der Waals surface area contributed by atoms with E-state index >= 15 is 0 Å². The van der Waals surface area contributed by atoms with E-state index in [1.54, 1.807) is 11.6 Å². The van der Waals surface area contributed by atoms with Crippen LogP contribution in [-0.2, 0) is 19.6 Å². The van der Waals surface area contributed by atoms with E-state index in [9.17, 15) is 0 Å². The lowest BCUT2D eigenvalue weighted by molar-refractivity contribution is 0.267. The van der Waals surface area contributed by atoms with Crippen LogP contribution in [0.2, 0.25) is 5.15 Å². The molecule has 27 heavy (non-hydrogen) atoms. The van der Waals surface area contributed by atoms with Crippen molar-refractivity contribution in [1.29, 1.82) is 0 Å². The van der Waals surface area contributed by atoms with Crippen LogP contribution in [0.4, 0.5) is 5.95 Å². The Morgan fingerprint density at radius 3 is 2.89 bits per heavy atom. The molecular weight excluding hydrogens is 366 g/mol. The van der Waals surface area contributed by atoms with Crippen molar-refractivity contribution in [2.24, 2.45) is 0 Å². The van der Waals surface area contributed by atoms with Gasteiger partial charge in [0, 0.05) is 18.5 Å². The van der Waals surface area contributed by atoms with Gasteiger partial charge in [0.15, 0.2) is 11.5 Å². The maximum absolute atomic E-state index is 6.11. The van der Waals surface area contributed by atoms with Gasteiger partial charge in [-0.2, -0.15) is 4.52 Å². The maximum atomic E-state index is 6.11. The minimum atomic E-state index is 0.277. The van der Waals surface area contributed by atoms with Crippen LogP contribution in [0, 0.1) is 0 Å². The number of fused-ring (bicyclic) bond motifs is 4. The lowest BCUT2D eigenvalue weighted by Crippen LogP contribution is -2.16. The molecule has 0 aliphatic carbocycles. The van der Waals surface area contributed by atoms with E-state index in [-0.39, 0.29) is 5.95 Å². The topological polar surface area (TPSA) is 94.5 Å². The number of pyridine rings is 1. The number of nitrogens with two attached hydrogens (primary N) is 1. The lowest BCUT2D eigenvalue weighted by Gasteiger charge is -2.10. The number of halogens is 1. The molecule has 0 spiro atoms. The number of hydrogen-bond donors (Lipinski definition) is 1. The predicted octanol–water partition coefficient (Wildman–Crippen LogP) is 2.43. The first-order valence-electron chi connectivity index (χ1n) is 8.47. The average molecular weight is 382 g/mol. The molecule has 2 N–H and O–H groups in total. The molecule has 1 aromatic carbocycles. The molecule has 4 aromatic rings. The number of ether oxygens (including phenoxy) is 1. The smallest absolute Gasteiger partial charge is 0.223 e. The van der Waals surface area contributed by atoms with Crippen LogP contribution in [-0.4, -0.2) is 36.6 Å². The van der Waals surface area contributed by atoms with E-state index in [1.807, 2.05) is 30.3 Å². The number of hydrogen-bond acceptors (Lipinski definition) is 7. The Hall–Kier alpha value is -2.97. The molecule has 0 saturated carbocycles. The van der Waals surface area contributed by atoms with Gasteiger partial charge in [0.2, 0.25) is 5.95 Å². The van der Waals surface area contributed by atoms with Crippen LogP contribution in [0.1, 0.15) is 17.1 Å². The third-order valence-corrected chi connectivity index (χ3v) is 4.93. The van der Waals surface area contributed by atoms with Crippen LogP contribution in [0.5, 0.6) is 5.75 Å². The van der Waals surface area contributed by atoms with E-state index in [1.165, 1.54) is 5.56 Å². The highest BCUT2D eigenvalue weighted by atomic mass is 35.5. The fourth-order valence-corrected chi connectivity index (χ4v) is 3.67. The van der Waals surface area contributed by atoms with Gasteiger partial charge in [-0.1, -0.05) is 23.7 Å². The van der Waals surface area contributed by atoms with Crippen molar-refractivity contribution in [2.45, 2.75) is 19.6 Å². The van der Waals surface area contributed by atoms with E-state index in [2.05, 4.69) is 20.0 Å². The summed E-state index contributed by atoms with van der Waals surface area (Å²) in [5.74, 6) is 1.61. The molecule has 0 atom stereocenters. The third-order valence-electron chi connectivity index (χ3n) is 4.72. The van der Waals surface area contributed by atoms with Gasteiger partial charge >= 0.3 is 0 Å². The highest BCUT2D eigenvalue weighted by Crippen LogP contribution is 2.28. The lowest BCUT2D eigenvalue weighted by atomic mass is 10.2. The first kappa shape index (κ1) is 16.2. The Balaban J connectivity index is 1.52. The van der Waals surface area contributed by atoms with Crippen molar-refractivity contribution in [2.75, 3.05) is 12.8 Å². The molecule has 9 heteroatoms. The minimum Gasteiger partial charge on any atom is -0.494 e. The number of para-hydroxylation sites is 1. The van der Waals surface area contributed by atoms with E-state index < -0.39 is 0 Å². The zero-order valence-corrected chi connectivity index (χ0v) is 15.3. The summed E-state index contributed by atoms with van der Waals surface area (Å²) in [5.41, 5.74) is 9.64. The summed E-state index contributed by atoms with van der Waals surface area (Å²) in [4.78, 5) is 15.8. The van der Waals surface area contributed by atoms with E-state index in [0.717, 1.165) is 17.6 Å². The number of nitrogens with zero attached hydrogens (tertiary/aromatic N) is 6. The normalized spacial score (nSPS) is 14.1. The highest BCUT2D eigenvalue weighted by Gasteiger charge is 2.23. The molecule has 1 aliphatic heterocycles. The van der Waals surface area contributed by atoms with Gasteiger partial charge in [-0.25, -0.2) is 15.0 Å². The van der Waals surface area contributed by atoms with Gasteiger partial charge in [-0.05, 0) is 23.8 Å². The molecule has 0 amide bonds. The van der Waals surface area contributed by atoms with E-state index in [4.69, 9.17) is 27.1 Å². The minimum absolute atomic E-state index is 0.277. The summed E-state index contributed by atoms with van der Waals surface area (Å²) in [5, 5.41) is 5.91. The Kier molecular flexibility index (Phi) is 3.63. The molecule has 4 heterocycles. The molecular formula is C18H16ClN7O. The van der Waals surface area contributed by atoms with E-state index in [0.29, 0.717) is 41.0 Å². The fraction of sp³-hybridized carbons (Fsp3) is 0.222. The quantitative estimate of drug-likeness (QED) is 0.544. The first-order valence-corrected chi connectivity index (χ1v) is 8.84. The van der Waals surface area contributed by atoms with Crippen molar-refractivity contribution in [3.63, 3.8) is 0 Å². The maximum Gasteiger partial charge on any atom is 0.223 e. The molecule has 0 bridgehead atoms. The Morgan fingerprint density at radius 1 is 1.15 bits per heavy atom. The first-order chi connectivity index (χ1) is 13.1. The number of benzene rings is 1. The van der Waals surface area contributed by atoms with Crippen molar-refractivity contribution in [1.82, 2.24) is 29.5 Å². The summed E-state index contributed by atoms with van der Waals surface area (Å²) >= 11 is 5.99. The fourth-order valence-electron chi connectivity index (χ4n) is 3.51.